The van der Waals surface area contributed by atoms with Crippen LogP contribution in [-0.4, -0.2) is 13.7 Å². The van der Waals surface area contributed by atoms with Crippen molar-refractivity contribution in [2.75, 3.05) is 0 Å². The Kier molecular flexibility index (Phi) is 1.63. The molecule has 0 aromatic carbocycles. The van der Waals surface area contributed by atoms with Crippen LogP contribution in [0.4, 0.5) is 0 Å². The Bertz CT molecular complexity index is 231. The van der Waals surface area contributed by atoms with Crippen LogP contribution in [0, 0.1) is 6.92 Å². The first-order valence-corrected chi connectivity index (χ1v) is 3.34. The minimum absolute atomic E-state index is 0.146. The van der Waals surface area contributed by atoms with E-state index in [1.807, 2.05) is 0 Å². The van der Waals surface area contributed by atoms with Gasteiger partial charge in [0.1, 0.15) is 5.76 Å². The molecule has 1 aromatic rings. The highest BCUT2D eigenvalue weighted by atomic mass is 32.2. The van der Waals surface area contributed by atoms with Gasteiger partial charge in [0.15, 0.2) is 0 Å². The monoisotopic (exact) mass is 147 g/mol. The fourth-order valence-electron chi connectivity index (χ4n) is 0.415. The smallest absolute Gasteiger partial charge is 0.314 e. The average Bonchev–Trinajstić information content (AvgIpc) is 2.14. The standard InChI is InChI=1S/C4H5NO3S/c1-3-2-5-4(8-3)9(6)7/h2H,1H3,(H,6,7). The molecule has 1 atom stereocenters. The van der Waals surface area contributed by atoms with Crippen molar-refractivity contribution in [3.05, 3.63) is 12.0 Å². The van der Waals surface area contributed by atoms with Crippen LogP contribution in [0.25, 0.3) is 0 Å². The highest BCUT2D eigenvalue weighted by Crippen LogP contribution is 2.03. The molecule has 1 heterocycles. The average molecular weight is 147 g/mol. The van der Waals surface area contributed by atoms with Crippen molar-refractivity contribution in [2.24, 2.45) is 0 Å². The number of hydrogen-bond donors (Lipinski definition) is 1. The third kappa shape index (κ3) is 1.36. The van der Waals surface area contributed by atoms with Crippen molar-refractivity contribution < 1.29 is 13.2 Å². The van der Waals surface area contributed by atoms with Crippen LogP contribution in [0.2, 0.25) is 0 Å². The van der Waals surface area contributed by atoms with E-state index in [1.54, 1.807) is 6.92 Å². The molecule has 5 heteroatoms. The normalized spacial score (nSPS) is 13.6. The Labute approximate surface area is 54.2 Å². The second-order valence-corrected chi connectivity index (χ2v) is 2.33. The van der Waals surface area contributed by atoms with Crippen molar-refractivity contribution in [2.45, 2.75) is 12.1 Å². The maximum Gasteiger partial charge on any atom is 0.314 e. The lowest BCUT2D eigenvalue weighted by molar-refractivity contribution is 0.405. The van der Waals surface area contributed by atoms with E-state index in [9.17, 15) is 4.21 Å². The summed E-state index contributed by atoms with van der Waals surface area (Å²) in [5.41, 5.74) is 0. The van der Waals surface area contributed by atoms with E-state index in [2.05, 4.69) is 9.40 Å². The quantitative estimate of drug-likeness (QED) is 0.589. The van der Waals surface area contributed by atoms with Crippen LogP contribution in [0.1, 0.15) is 5.76 Å². The summed E-state index contributed by atoms with van der Waals surface area (Å²) in [6, 6.07) is 0. The maximum absolute atomic E-state index is 10.2. The molecule has 9 heavy (non-hydrogen) atoms. The Hall–Kier alpha value is -0.680. The van der Waals surface area contributed by atoms with Crippen LogP contribution >= 0.6 is 0 Å². The molecule has 0 aliphatic rings. The number of nitrogens with zero attached hydrogens (tertiary/aromatic N) is 1. The summed E-state index contributed by atoms with van der Waals surface area (Å²) in [5, 5.41) is -0.146. The fraction of sp³-hybridized carbons (Fsp3) is 0.250. The van der Waals surface area contributed by atoms with Gasteiger partial charge in [-0.05, 0) is 6.92 Å². The molecule has 1 rings (SSSR count). The molecule has 1 unspecified atom stereocenters. The summed E-state index contributed by atoms with van der Waals surface area (Å²) < 4.78 is 23.2. The highest BCUT2D eigenvalue weighted by Gasteiger charge is 2.04. The van der Waals surface area contributed by atoms with E-state index in [0.29, 0.717) is 5.76 Å². The van der Waals surface area contributed by atoms with Crippen LogP contribution < -0.4 is 0 Å². The molecule has 1 aromatic heterocycles. The van der Waals surface area contributed by atoms with Crippen molar-refractivity contribution >= 4 is 11.1 Å². The van der Waals surface area contributed by atoms with Gasteiger partial charge in [0.05, 0.1) is 6.20 Å². The molecule has 0 saturated carbocycles. The Morgan fingerprint density at radius 1 is 1.89 bits per heavy atom. The summed E-state index contributed by atoms with van der Waals surface area (Å²) in [6.45, 7) is 1.66. The number of hydrogen-bond acceptors (Lipinski definition) is 3. The second-order valence-electron chi connectivity index (χ2n) is 1.49. The molecule has 0 aliphatic heterocycles. The van der Waals surface area contributed by atoms with E-state index >= 15 is 0 Å². The molecule has 0 bridgehead atoms. The van der Waals surface area contributed by atoms with E-state index in [4.69, 9.17) is 4.55 Å². The van der Waals surface area contributed by atoms with E-state index in [1.165, 1.54) is 6.20 Å². The first-order valence-electron chi connectivity index (χ1n) is 2.23. The molecule has 1 N–H and O–H groups in total. The van der Waals surface area contributed by atoms with Crippen LogP contribution in [0.15, 0.2) is 15.8 Å². The number of oxazole rings is 1. The number of rotatable bonds is 1. The van der Waals surface area contributed by atoms with Gasteiger partial charge in [0, 0.05) is 0 Å². The molecule has 0 radical (unpaired) electrons. The summed E-state index contributed by atoms with van der Waals surface area (Å²) >= 11 is -2.09. The first-order chi connectivity index (χ1) is 4.20. The SMILES string of the molecule is Cc1cnc(S(=O)O)o1. The molecule has 0 fully saturated rings. The molecule has 0 aliphatic carbocycles. The van der Waals surface area contributed by atoms with Crippen molar-refractivity contribution in [3.8, 4) is 0 Å². The predicted molar refractivity (Wildman–Crippen MR) is 30.3 cm³/mol. The van der Waals surface area contributed by atoms with Gasteiger partial charge in [-0.15, -0.1) is 0 Å². The second kappa shape index (κ2) is 2.28. The van der Waals surface area contributed by atoms with Crippen molar-refractivity contribution in [1.29, 1.82) is 0 Å². The summed E-state index contributed by atoms with van der Waals surface area (Å²) in [5.74, 6) is 0.535. The molecular weight excluding hydrogens is 142 g/mol. The predicted octanol–water partition coefficient (Wildman–Crippen LogP) is 0.564. The van der Waals surface area contributed by atoms with Crippen LogP contribution in [-0.2, 0) is 11.1 Å². The van der Waals surface area contributed by atoms with E-state index in [0.717, 1.165) is 0 Å². The first kappa shape index (κ1) is 6.44. The summed E-state index contributed by atoms with van der Waals surface area (Å²) in [4.78, 5) is 3.50. The van der Waals surface area contributed by atoms with Crippen molar-refractivity contribution in [1.82, 2.24) is 4.98 Å². The molecule has 0 amide bonds. The fourth-order valence-corrected chi connectivity index (χ4v) is 0.760. The zero-order valence-corrected chi connectivity index (χ0v) is 5.51. The van der Waals surface area contributed by atoms with Gasteiger partial charge in [0.25, 0.3) is 0 Å². The lowest BCUT2D eigenvalue weighted by Gasteiger charge is -1.80. The van der Waals surface area contributed by atoms with E-state index in [-0.39, 0.29) is 5.22 Å². The Morgan fingerprint density at radius 2 is 2.56 bits per heavy atom. The molecular formula is C4H5NO3S. The van der Waals surface area contributed by atoms with Crippen LogP contribution in [0.3, 0.4) is 0 Å². The van der Waals surface area contributed by atoms with Gasteiger partial charge < -0.3 is 4.42 Å². The zero-order valence-electron chi connectivity index (χ0n) is 4.70. The minimum Gasteiger partial charge on any atom is -0.434 e. The molecule has 4 nitrogen and oxygen atoms in total. The lowest BCUT2D eigenvalue weighted by atomic mass is 10.6. The number of aryl methyl sites for hydroxylation is 1. The largest absolute Gasteiger partial charge is 0.434 e. The highest BCUT2D eigenvalue weighted by molar-refractivity contribution is 7.78. The molecule has 0 spiro atoms. The third-order valence-corrected chi connectivity index (χ3v) is 1.24. The Morgan fingerprint density at radius 3 is 2.78 bits per heavy atom. The Balaban J connectivity index is 2.98. The van der Waals surface area contributed by atoms with Gasteiger partial charge in [-0.3, -0.25) is 4.55 Å². The summed E-state index contributed by atoms with van der Waals surface area (Å²) in [7, 11) is 0. The van der Waals surface area contributed by atoms with E-state index < -0.39 is 11.1 Å². The minimum atomic E-state index is -2.09. The van der Waals surface area contributed by atoms with Gasteiger partial charge in [-0.25, -0.2) is 9.19 Å². The lowest BCUT2D eigenvalue weighted by Crippen LogP contribution is -1.85. The molecule has 0 saturated heterocycles. The van der Waals surface area contributed by atoms with Gasteiger partial charge in [-0.2, -0.15) is 0 Å². The van der Waals surface area contributed by atoms with Gasteiger partial charge >= 0.3 is 5.22 Å². The molecule has 50 valence electrons. The number of aromatic nitrogens is 1. The van der Waals surface area contributed by atoms with Gasteiger partial charge in [0.2, 0.25) is 11.1 Å². The maximum atomic E-state index is 10.2. The summed E-state index contributed by atoms with van der Waals surface area (Å²) in [6.07, 6.45) is 1.39. The zero-order chi connectivity index (χ0) is 6.85. The van der Waals surface area contributed by atoms with Crippen molar-refractivity contribution in [3.63, 3.8) is 0 Å². The van der Waals surface area contributed by atoms with Gasteiger partial charge in [-0.1, -0.05) is 0 Å². The topological polar surface area (TPSA) is 63.3 Å². The third-order valence-electron chi connectivity index (χ3n) is 0.749. The van der Waals surface area contributed by atoms with Crippen LogP contribution in [0.5, 0.6) is 0 Å².